The van der Waals surface area contributed by atoms with E-state index < -0.39 is 76.7 Å². The first-order chi connectivity index (χ1) is 19.7. The molecule has 2 N–H and O–H groups in total. The first kappa shape index (κ1) is 30.4. The first-order valence-electron chi connectivity index (χ1n) is 14.7. The molecule has 2 saturated carbocycles. The number of carbonyl (C=O) groups excluding carboxylic acids is 3. The van der Waals surface area contributed by atoms with Crippen molar-refractivity contribution in [3.63, 3.8) is 0 Å². The highest BCUT2D eigenvalue weighted by atomic mass is 16.6. The van der Waals surface area contributed by atoms with Crippen LogP contribution in [0.25, 0.3) is 6.08 Å². The maximum atomic E-state index is 13.0. The summed E-state index contributed by atoms with van der Waals surface area (Å²) in [4.78, 5) is 37.7. The number of benzene rings is 1. The smallest absolute Gasteiger partial charge is 0.331 e. The maximum Gasteiger partial charge on any atom is 0.331 e. The quantitative estimate of drug-likeness (QED) is 0.175. The average Bonchev–Trinajstić information content (AvgIpc) is 3.70. The predicted molar refractivity (Wildman–Crippen MR) is 153 cm³/mol. The van der Waals surface area contributed by atoms with Gasteiger partial charge in [-0.15, -0.1) is 0 Å². The Kier molecular flexibility index (Phi) is 7.92. The number of epoxide rings is 1. The molecule has 1 saturated heterocycles. The molecule has 3 fully saturated rings. The van der Waals surface area contributed by atoms with E-state index in [1.807, 2.05) is 58.0 Å². The van der Waals surface area contributed by atoms with Crippen molar-refractivity contribution in [3.8, 4) is 0 Å². The van der Waals surface area contributed by atoms with Gasteiger partial charge >= 0.3 is 17.9 Å². The van der Waals surface area contributed by atoms with E-state index in [9.17, 15) is 24.6 Å². The van der Waals surface area contributed by atoms with Crippen molar-refractivity contribution < 1.29 is 43.5 Å². The fourth-order valence-electron chi connectivity index (χ4n) is 8.27. The molecule has 0 amide bonds. The number of aliphatic hydroxyl groups excluding tert-OH is 2. The molecule has 3 aliphatic carbocycles. The van der Waals surface area contributed by atoms with Crippen molar-refractivity contribution in [2.45, 2.75) is 96.9 Å². The van der Waals surface area contributed by atoms with E-state index in [2.05, 4.69) is 0 Å². The fourth-order valence-corrected chi connectivity index (χ4v) is 8.27. The summed E-state index contributed by atoms with van der Waals surface area (Å²) < 4.78 is 24.0. The predicted octanol–water partition coefficient (Wildman–Crippen LogP) is 3.76. The van der Waals surface area contributed by atoms with E-state index in [4.69, 9.17) is 18.9 Å². The summed E-state index contributed by atoms with van der Waals surface area (Å²) >= 11 is 0. The lowest BCUT2D eigenvalue weighted by atomic mass is 9.48. The third-order valence-corrected chi connectivity index (χ3v) is 10.3. The van der Waals surface area contributed by atoms with Crippen LogP contribution >= 0.6 is 0 Å². The van der Waals surface area contributed by atoms with Gasteiger partial charge < -0.3 is 29.2 Å². The summed E-state index contributed by atoms with van der Waals surface area (Å²) in [5.41, 5.74) is -0.554. The minimum Gasteiger partial charge on any atom is -0.462 e. The number of ether oxygens (including phenoxy) is 4. The number of carbonyl (C=O) groups is 3. The molecule has 0 radical (unpaired) electrons. The summed E-state index contributed by atoms with van der Waals surface area (Å²) in [5, 5.41) is 23.8. The molecular weight excluding hydrogens is 540 g/mol. The summed E-state index contributed by atoms with van der Waals surface area (Å²) in [6, 6.07) is 9.41. The lowest BCUT2D eigenvalue weighted by molar-refractivity contribution is -0.218. The van der Waals surface area contributed by atoms with E-state index in [-0.39, 0.29) is 6.61 Å². The topological polar surface area (TPSA) is 132 Å². The summed E-state index contributed by atoms with van der Waals surface area (Å²) in [7, 11) is 0. The van der Waals surface area contributed by atoms with Crippen molar-refractivity contribution in [1.29, 1.82) is 0 Å². The highest BCUT2D eigenvalue weighted by Crippen LogP contribution is 2.64. The minimum atomic E-state index is -1.25. The Bertz CT molecular complexity index is 1290. The second kappa shape index (κ2) is 10.9. The zero-order chi connectivity index (χ0) is 30.6. The Labute approximate surface area is 246 Å². The van der Waals surface area contributed by atoms with Crippen molar-refractivity contribution >= 4 is 24.0 Å². The van der Waals surface area contributed by atoms with Gasteiger partial charge in [-0.3, -0.25) is 9.59 Å². The first-order valence-corrected chi connectivity index (χ1v) is 14.7. The third-order valence-electron chi connectivity index (χ3n) is 10.3. The molecule has 228 valence electrons. The number of hydrogen-bond donors (Lipinski definition) is 2. The molecule has 1 aromatic rings. The number of aliphatic hydroxyl groups is 2. The van der Waals surface area contributed by atoms with Crippen LogP contribution < -0.4 is 0 Å². The summed E-state index contributed by atoms with van der Waals surface area (Å²) in [5.74, 6) is -2.50. The zero-order valence-corrected chi connectivity index (χ0v) is 25.2. The standard InChI is InChI=1S/C33H42O9/c1-18-23(40-19(2)34)16-22-28(41-20(3)35)29-32(6,30(38)27(37)26(18)31(22,4)5)15-14-24(33(29)17-39-33)42-25(36)13-12-21-10-8-7-9-11-21/h7-13,22-24,27-30,37-38H,14-17H2,1-6H3/b13-12-/t22-,23-,24-,27+,28+,29-,30-,32+,33+/m0/s1. The molecule has 0 unspecified atom stereocenters. The molecule has 9 heteroatoms. The molecule has 0 aromatic heterocycles. The fraction of sp³-hybridized carbons (Fsp3) is 0.606. The molecule has 42 heavy (non-hydrogen) atoms. The lowest BCUT2D eigenvalue weighted by Gasteiger charge is -2.60. The third kappa shape index (κ3) is 5.09. The second-order valence-electron chi connectivity index (χ2n) is 13.2. The van der Waals surface area contributed by atoms with Crippen molar-refractivity contribution in [3.05, 3.63) is 53.1 Å². The van der Waals surface area contributed by atoms with Crippen LogP contribution in [-0.4, -0.2) is 70.8 Å². The van der Waals surface area contributed by atoms with Gasteiger partial charge in [-0.05, 0) is 54.4 Å². The number of rotatable bonds is 5. The second-order valence-corrected chi connectivity index (χ2v) is 13.2. The van der Waals surface area contributed by atoms with Crippen molar-refractivity contribution in [2.24, 2.45) is 22.7 Å². The van der Waals surface area contributed by atoms with Gasteiger partial charge in [0.2, 0.25) is 0 Å². The van der Waals surface area contributed by atoms with Crippen LogP contribution in [0.1, 0.15) is 66.4 Å². The SMILES string of the molecule is CC(=O)O[C@@H]1[C@@H]2C[C@H](OC(C)=O)C(C)=C([C@@H](O)[C@H](O)[C@]3(C)CC[C@H](OC(=O)/C=C\c4ccccc4)[C@]4(CO4)[C@@H]13)C2(C)C. The van der Waals surface area contributed by atoms with Gasteiger partial charge in [0.1, 0.15) is 30.0 Å². The molecule has 9 nitrogen and oxygen atoms in total. The summed E-state index contributed by atoms with van der Waals surface area (Å²) in [6.45, 7) is 10.6. The molecule has 5 rings (SSSR count). The van der Waals surface area contributed by atoms with Crippen LogP contribution in [0.5, 0.6) is 0 Å². The normalized spacial score (nSPS) is 38.7. The average molecular weight is 583 g/mol. The zero-order valence-electron chi connectivity index (χ0n) is 25.2. The lowest BCUT2D eigenvalue weighted by Crippen LogP contribution is -2.67. The number of hydrogen-bond acceptors (Lipinski definition) is 9. The van der Waals surface area contributed by atoms with Crippen LogP contribution in [0.4, 0.5) is 0 Å². The van der Waals surface area contributed by atoms with Crippen LogP contribution in [0.2, 0.25) is 0 Å². The van der Waals surface area contributed by atoms with Crippen LogP contribution in [0.15, 0.2) is 47.6 Å². The Morgan fingerprint density at radius 2 is 1.64 bits per heavy atom. The van der Waals surface area contributed by atoms with Gasteiger partial charge in [-0.1, -0.05) is 51.1 Å². The molecule has 1 heterocycles. The molecule has 1 spiro atoms. The Hall–Kier alpha value is -3.01. The van der Waals surface area contributed by atoms with Gasteiger partial charge in [0.05, 0.1) is 12.7 Å². The van der Waals surface area contributed by atoms with Gasteiger partial charge in [-0.2, -0.15) is 0 Å². The molecule has 1 aliphatic heterocycles. The van der Waals surface area contributed by atoms with Gasteiger partial charge in [-0.25, -0.2) is 4.79 Å². The van der Waals surface area contributed by atoms with Gasteiger partial charge in [0.25, 0.3) is 0 Å². The number of esters is 3. The van der Waals surface area contributed by atoms with E-state index in [1.165, 1.54) is 19.9 Å². The molecule has 4 aliphatic rings. The molecule has 1 aromatic carbocycles. The van der Waals surface area contributed by atoms with Crippen LogP contribution in [0.3, 0.4) is 0 Å². The highest BCUT2D eigenvalue weighted by Gasteiger charge is 2.73. The maximum absolute atomic E-state index is 13.0. The Balaban J connectivity index is 1.57. The van der Waals surface area contributed by atoms with Crippen molar-refractivity contribution in [1.82, 2.24) is 0 Å². The molecule has 2 bridgehead atoms. The summed E-state index contributed by atoms with van der Waals surface area (Å²) in [6.07, 6.45) is -0.383. The Morgan fingerprint density at radius 1 is 1.00 bits per heavy atom. The molecule has 9 atom stereocenters. The van der Waals surface area contributed by atoms with E-state index in [1.54, 1.807) is 6.08 Å². The highest BCUT2D eigenvalue weighted by molar-refractivity contribution is 5.87. The largest absolute Gasteiger partial charge is 0.462 e. The monoisotopic (exact) mass is 582 g/mol. The van der Waals surface area contributed by atoms with Crippen LogP contribution in [0, 0.1) is 22.7 Å². The number of fused-ring (bicyclic) bond motifs is 4. The van der Waals surface area contributed by atoms with Crippen molar-refractivity contribution in [2.75, 3.05) is 6.61 Å². The minimum absolute atomic E-state index is 0.246. The van der Waals surface area contributed by atoms with E-state index in [0.29, 0.717) is 30.4 Å². The molecular formula is C33H42O9. The van der Waals surface area contributed by atoms with Gasteiger partial charge in [0.15, 0.2) is 0 Å². The van der Waals surface area contributed by atoms with Crippen LogP contribution in [-0.2, 0) is 33.3 Å². The van der Waals surface area contributed by atoms with E-state index in [0.717, 1.165) is 5.56 Å². The Morgan fingerprint density at radius 3 is 2.24 bits per heavy atom. The van der Waals surface area contributed by atoms with Gasteiger partial charge in [0, 0.05) is 37.2 Å². The van der Waals surface area contributed by atoms with E-state index >= 15 is 0 Å².